The summed E-state index contributed by atoms with van der Waals surface area (Å²) in [4.78, 5) is 25.5. The number of carbonyl (C=O) groups is 2. The number of thioether (sulfide) groups is 1. The third-order valence-corrected chi connectivity index (χ3v) is 7.33. The molecule has 0 spiro atoms. The van der Waals surface area contributed by atoms with E-state index in [0.717, 1.165) is 17.8 Å². The summed E-state index contributed by atoms with van der Waals surface area (Å²) in [6, 6.07) is 7.54. The maximum atomic E-state index is 12.9. The standard InChI is InChI=1S/C25H37N5O2S/c1-6-30-23(22(16(2)3)27-24(32)19-12-9-10-17(4)14-19)28-29-25(30)33-15-21(31)26-20-13-8-7-11-18(20)5/h9-10,12,14,16,18,20,22H,6-8,11,13,15H2,1-5H3,(H,26,31)(H,27,32)/t18-,20+,22+/m0/s1. The van der Waals surface area contributed by atoms with Crippen LogP contribution in [0.2, 0.25) is 0 Å². The van der Waals surface area contributed by atoms with Gasteiger partial charge in [-0.25, -0.2) is 0 Å². The molecule has 0 aliphatic heterocycles. The lowest BCUT2D eigenvalue weighted by molar-refractivity contribution is -0.119. The van der Waals surface area contributed by atoms with Crippen LogP contribution in [-0.2, 0) is 11.3 Å². The Morgan fingerprint density at radius 3 is 2.64 bits per heavy atom. The lowest BCUT2D eigenvalue weighted by atomic mass is 9.86. The van der Waals surface area contributed by atoms with Gasteiger partial charge in [-0.05, 0) is 50.7 Å². The molecular formula is C25H37N5O2S. The Morgan fingerprint density at radius 1 is 1.21 bits per heavy atom. The molecule has 1 aliphatic carbocycles. The van der Waals surface area contributed by atoms with E-state index in [1.165, 1.54) is 31.0 Å². The van der Waals surface area contributed by atoms with E-state index in [9.17, 15) is 9.59 Å². The fourth-order valence-corrected chi connectivity index (χ4v) is 5.20. The van der Waals surface area contributed by atoms with Crippen molar-refractivity contribution >= 4 is 23.6 Å². The average Bonchev–Trinajstić information content (AvgIpc) is 3.19. The van der Waals surface area contributed by atoms with Gasteiger partial charge in [0.1, 0.15) is 0 Å². The molecule has 0 radical (unpaired) electrons. The van der Waals surface area contributed by atoms with Gasteiger partial charge in [-0.15, -0.1) is 10.2 Å². The van der Waals surface area contributed by atoms with Crippen molar-refractivity contribution in [3.8, 4) is 0 Å². The van der Waals surface area contributed by atoms with Crippen LogP contribution in [0.5, 0.6) is 0 Å². The number of hydrogen-bond acceptors (Lipinski definition) is 5. The zero-order valence-electron chi connectivity index (χ0n) is 20.4. The van der Waals surface area contributed by atoms with Crippen LogP contribution in [0, 0.1) is 18.8 Å². The molecule has 2 aromatic rings. The van der Waals surface area contributed by atoms with Crippen molar-refractivity contribution in [3.63, 3.8) is 0 Å². The summed E-state index contributed by atoms with van der Waals surface area (Å²) >= 11 is 1.40. The van der Waals surface area contributed by atoms with E-state index in [0.29, 0.717) is 28.9 Å². The van der Waals surface area contributed by atoms with Gasteiger partial charge in [-0.2, -0.15) is 0 Å². The minimum absolute atomic E-state index is 0.0408. The number of aryl methyl sites for hydroxylation is 1. The molecule has 180 valence electrons. The second-order valence-electron chi connectivity index (χ2n) is 9.37. The van der Waals surface area contributed by atoms with Gasteiger partial charge in [0.15, 0.2) is 11.0 Å². The first-order valence-electron chi connectivity index (χ1n) is 12.0. The molecule has 2 amide bonds. The van der Waals surface area contributed by atoms with Gasteiger partial charge in [0.25, 0.3) is 5.91 Å². The summed E-state index contributed by atoms with van der Waals surface area (Å²) < 4.78 is 2.00. The van der Waals surface area contributed by atoms with Gasteiger partial charge in [-0.3, -0.25) is 9.59 Å². The first-order chi connectivity index (χ1) is 15.8. The van der Waals surface area contributed by atoms with E-state index in [1.807, 2.05) is 42.7 Å². The highest BCUT2D eigenvalue weighted by atomic mass is 32.2. The Balaban J connectivity index is 1.68. The second-order valence-corrected chi connectivity index (χ2v) is 10.3. The number of carbonyl (C=O) groups excluding carboxylic acids is 2. The van der Waals surface area contributed by atoms with Crippen LogP contribution in [0.1, 0.15) is 81.2 Å². The maximum absolute atomic E-state index is 12.9. The van der Waals surface area contributed by atoms with Crippen LogP contribution < -0.4 is 10.6 Å². The number of rotatable bonds is 9. The summed E-state index contributed by atoms with van der Waals surface area (Å²) in [5.74, 6) is 1.60. The third-order valence-electron chi connectivity index (χ3n) is 6.36. The Hall–Kier alpha value is -2.35. The lowest BCUT2D eigenvalue weighted by Crippen LogP contribution is -2.41. The van der Waals surface area contributed by atoms with Gasteiger partial charge in [0.05, 0.1) is 11.8 Å². The van der Waals surface area contributed by atoms with E-state index < -0.39 is 0 Å². The topological polar surface area (TPSA) is 88.9 Å². The highest BCUT2D eigenvalue weighted by molar-refractivity contribution is 7.99. The Labute approximate surface area is 201 Å². The molecule has 7 nitrogen and oxygen atoms in total. The molecule has 1 aromatic heterocycles. The third kappa shape index (κ3) is 6.59. The number of nitrogens with one attached hydrogen (secondary N) is 2. The van der Waals surface area contributed by atoms with Crippen LogP contribution in [-0.4, -0.2) is 38.4 Å². The van der Waals surface area contributed by atoms with Crippen molar-refractivity contribution in [1.29, 1.82) is 0 Å². The van der Waals surface area contributed by atoms with E-state index in [4.69, 9.17) is 0 Å². The molecule has 33 heavy (non-hydrogen) atoms. The fraction of sp³-hybridized carbons (Fsp3) is 0.600. The first kappa shape index (κ1) is 25.3. The molecule has 1 aromatic carbocycles. The molecule has 1 heterocycles. The highest BCUT2D eigenvalue weighted by Gasteiger charge is 2.27. The van der Waals surface area contributed by atoms with Crippen LogP contribution in [0.4, 0.5) is 0 Å². The second kappa shape index (κ2) is 11.7. The molecule has 1 saturated carbocycles. The van der Waals surface area contributed by atoms with Crippen molar-refractivity contribution in [2.45, 2.75) is 84.1 Å². The predicted octanol–water partition coefficient (Wildman–Crippen LogP) is 4.52. The normalized spacial score (nSPS) is 19.3. The molecule has 0 saturated heterocycles. The summed E-state index contributed by atoms with van der Waals surface area (Å²) in [6.07, 6.45) is 4.67. The number of hydrogen-bond donors (Lipinski definition) is 2. The average molecular weight is 472 g/mol. The zero-order valence-corrected chi connectivity index (χ0v) is 21.2. The van der Waals surface area contributed by atoms with Crippen LogP contribution >= 0.6 is 11.8 Å². The van der Waals surface area contributed by atoms with Gasteiger partial charge < -0.3 is 15.2 Å². The van der Waals surface area contributed by atoms with Crippen molar-refractivity contribution in [2.75, 3.05) is 5.75 Å². The highest BCUT2D eigenvalue weighted by Crippen LogP contribution is 2.27. The molecule has 3 rings (SSSR count). The largest absolute Gasteiger partial charge is 0.352 e. The molecule has 0 unspecified atom stereocenters. The van der Waals surface area contributed by atoms with Crippen molar-refractivity contribution < 1.29 is 9.59 Å². The van der Waals surface area contributed by atoms with Crippen molar-refractivity contribution in [3.05, 3.63) is 41.2 Å². The van der Waals surface area contributed by atoms with Crippen LogP contribution in [0.3, 0.4) is 0 Å². The first-order valence-corrected chi connectivity index (χ1v) is 13.0. The zero-order chi connectivity index (χ0) is 24.0. The maximum Gasteiger partial charge on any atom is 0.251 e. The van der Waals surface area contributed by atoms with E-state index >= 15 is 0 Å². The van der Waals surface area contributed by atoms with Crippen LogP contribution in [0.25, 0.3) is 0 Å². The van der Waals surface area contributed by atoms with E-state index in [-0.39, 0.29) is 29.8 Å². The summed E-state index contributed by atoms with van der Waals surface area (Å²) in [5, 5.41) is 15.8. The smallest absolute Gasteiger partial charge is 0.251 e. The van der Waals surface area contributed by atoms with Gasteiger partial charge in [0, 0.05) is 18.2 Å². The SMILES string of the molecule is CCn1c(SCC(=O)N[C@@H]2CCCC[C@@H]2C)nnc1[C@H](NC(=O)c1cccc(C)c1)C(C)C. The van der Waals surface area contributed by atoms with Gasteiger partial charge in [0.2, 0.25) is 5.91 Å². The molecular weight excluding hydrogens is 434 g/mol. The number of benzene rings is 1. The van der Waals surface area contributed by atoms with E-state index in [1.54, 1.807) is 0 Å². The lowest BCUT2D eigenvalue weighted by Gasteiger charge is -2.29. The van der Waals surface area contributed by atoms with Gasteiger partial charge in [-0.1, -0.05) is 63.1 Å². The molecule has 1 aliphatic rings. The minimum Gasteiger partial charge on any atom is -0.352 e. The number of nitrogens with zero attached hydrogens (tertiary/aromatic N) is 3. The van der Waals surface area contributed by atoms with Crippen LogP contribution in [0.15, 0.2) is 29.4 Å². The Kier molecular flexibility index (Phi) is 8.95. The Morgan fingerprint density at radius 2 is 1.97 bits per heavy atom. The molecule has 8 heteroatoms. The van der Waals surface area contributed by atoms with Gasteiger partial charge >= 0.3 is 0 Å². The van der Waals surface area contributed by atoms with Crippen molar-refractivity contribution in [1.82, 2.24) is 25.4 Å². The van der Waals surface area contributed by atoms with E-state index in [2.05, 4.69) is 41.6 Å². The number of aromatic nitrogens is 3. The summed E-state index contributed by atoms with van der Waals surface area (Å²) in [6.45, 7) is 11.0. The quantitative estimate of drug-likeness (QED) is 0.525. The monoisotopic (exact) mass is 471 g/mol. The molecule has 3 atom stereocenters. The molecule has 1 fully saturated rings. The fourth-order valence-electron chi connectivity index (χ4n) is 4.38. The predicted molar refractivity (Wildman–Crippen MR) is 132 cm³/mol. The summed E-state index contributed by atoms with van der Waals surface area (Å²) in [5.41, 5.74) is 1.67. The summed E-state index contributed by atoms with van der Waals surface area (Å²) in [7, 11) is 0. The van der Waals surface area contributed by atoms with Crippen molar-refractivity contribution in [2.24, 2.45) is 11.8 Å². The molecule has 0 bridgehead atoms. The Bertz CT molecular complexity index is 958. The minimum atomic E-state index is -0.281. The molecule has 2 N–H and O–H groups in total. The number of amides is 2.